The SMILES string of the molecule is CCCNC(c1ccc(OCC)cc1Br)c1sccc1C. The van der Waals surface area contributed by atoms with E-state index in [-0.39, 0.29) is 6.04 Å². The highest BCUT2D eigenvalue weighted by Gasteiger charge is 2.19. The van der Waals surface area contributed by atoms with E-state index in [9.17, 15) is 0 Å². The molecule has 0 fully saturated rings. The predicted molar refractivity (Wildman–Crippen MR) is 94.5 cm³/mol. The summed E-state index contributed by atoms with van der Waals surface area (Å²) in [6.07, 6.45) is 1.12. The van der Waals surface area contributed by atoms with Crippen LogP contribution in [0, 0.1) is 6.92 Å². The molecule has 0 aliphatic carbocycles. The van der Waals surface area contributed by atoms with Gasteiger partial charge in [-0.3, -0.25) is 0 Å². The van der Waals surface area contributed by atoms with Crippen molar-refractivity contribution in [2.75, 3.05) is 13.2 Å². The third-order valence-electron chi connectivity index (χ3n) is 3.36. The monoisotopic (exact) mass is 367 g/mol. The van der Waals surface area contributed by atoms with Crippen molar-refractivity contribution in [3.63, 3.8) is 0 Å². The highest BCUT2D eigenvalue weighted by atomic mass is 79.9. The first-order valence-electron chi connectivity index (χ1n) is 7.37. The third kappa shape index (κ3) is 4.09. The maximum absolute atomic E-state index is 5.57. The van der Waals surface area contributed by atoms with Crippen LogP contribution in [0.5, 0.6) is 5.75 Å². The van der Waals surface area contributed by atoms with Crippen LogP contribution in [0.2, 0.25) is 0 Å². The smallest absolute Gasteiger partial charge is 0.120 e. The van der Waals surface area contributed by atoms with E-state index in [1.807, 2.05) is 24.3 Å². The molecule has 0 radical (unpaired) electrons. The summed E-state index contributed by atoms with van der Waals surface area (Å²) < 4.78 is 6.66. The molecule has 0 aliphatic rings. The average molecular weight is 368 g/mol. The van der Waals surface area contributed by atoms with Crippen LogP contribution in [-0.2, 0) is 0 Å². The summed E-state index contributed by atoms with van der Waals surface area (Å²) in [5, 5.41) is 5.82. The summed E-state index contributed by atoms with van der Waals surface area (Å²) >= 11 is 5.52. The Labute approximate surface area is 139 Å². The Morgan fingerprint density at radius 1 is 1.29 bits per heavy atom. The second-order valence-electron chi connectivity index (χ2n) is 4.97. The van der Waals surface area contributed by atoms with Gasteiger partial charge in [0.2, 0.25) is 0 Å². The van der Waals surface area contributed by atoms with Gasteiger partial charge in [0.1, 0.15) is 5.75 Å². The van der Waals surface area contributed by atoms with Gasteiger partial charge in [0, 0.05) is 9.35 Å². The minimum atomic E-state index is 0.231. The number of ether oxygens (including phenoxy) is 1. The molecule has 4 heteroatoms. The normalized spacial score (nSPS) is 12.4. The van der Waals surface area contributed by atoms with E-state index < -0.39 is 0 Å². The lowest BCUT2D eigenvalue weighted by molar-refractivity contribution is 0.340. The van der Waals surface area contributed by atoms with E-state index in [0.717, 1.165) is 23.2 Å². The molecular weight excluding hydrogens is 346 g/mol. The van der Waals surface area contributed by atoms with Crippen LogP contribution >= 0.6 is 27.3 Å². The number of rotatable bonds is 7. The molecule has 0 saturated heterocycles. The van der Waals surface area contributed by atoms with E-state index in [4.69, 9.17) is 4.74 Å². The van der Waals surface area contributed by atoms with Crippen LogP contribution in [-0.4, -0.2) is 13.2 Å². The highest BCUT2D eigenvalue weighted by molar-refractivity contribution is 9.10. The van der Waals surface area contributed by atoms with Crippen molar-refractivity contribution in [3.05, 3.63) is 50.1 Å². The lowest BCUT2D eigenvalue weighted by Gasteiger charge is -2.21. The number of benzene rings is 1. The molecule has 1 atom stereocenters. The maximum atomic E-state index is 5.57. The van der Waals surface area contributed by atoms with Gasteiger partial charge in [-0.25, -0.2) is 0 Å². The third-order valence-corrected chi connectivity index (χ3v) is 5.13. The van der Waals surface area contributed by atoms with E-state index in [1.54, 1.807) is 0 Å². The molecule has 1 aromatic heterocycles. The molecule has 1 heterocycles. The number of hydrogen-bond acceptors (Lipinski definition) is 3. The van der Waals surface area contributed by atoms with Crippen molar-refractivity contribution in [2.24, 2.45) is 0 Å². The van der Waals surface area contributed by atoms with Crippen molar-refractivity contribution in [2.45, 2.75) is 33.2 Å². The molecule has 0 aliphatic heterocycles. The lowest BCUT2D eigenvalue weighted by atomic mass is 10.0. The number of hydrogen-bond donors (Lipinski definition) is 1. The number of thiophene rings is 1. The van der Waals surface area contributed by atoms with Crippen molar-refractivity contribution >= 4 is 27.3 Å². The van der Waals surface area contributed by atoms with Crippen LogP contribution in [0.1, 0.15) is 42.3 Å². The van der Waals surface area contributed by atoms with Crippen LogP contribution in [0.25, 0.3) is 0 Å². The molecule has 2 nitrogen and oxygen atoms in total. The molecule has 2 aromatic rings. The van der Waals surface area contributed by atoms with Gasteiger partial charge in [-0.05, 0) is 61.5 Å². The van der Waals surface area contributed by atoms with E-state index in [1.165, 1.54) is 16.0 Å². The van der Waals surface area contributed by atoms with Gasteiger partial charge >= 0.3 is 0 Å². The average Bonchev–Trinajstić information content (AvgIpc) is 2.88. The quantitative estimate of drug-likeness (QED) is 0.715. The van der Waals surface area contributed by atoms with Crippen molar-refractivity contribution in [1.29, 1.82) is 0 Å². The number of nitrogens with one attached hydrogen (secondary N) is 1. The number of aryl methyl sites for hydroxylation is 1. The molecule has 0 amide bonds. The van der Waals surface area contributed by atoms with E-state index >= 15 is 0 Å². The zero-order valence-corrected chi connectivity index (χ0v) is 15.2. The Kier molecular flexibility index (Phi) is 6.27. The summed E-state index contributed by atoms with van der Waals surface area (Å²) in [7, 11) is 0. The highest BCUT2D eigenvalue weighted by Crippen LogP contribution is 2.35. The van der Waals surface area contributed by atoms with Gasteiger partial charge in [0.15, 0.2) is 0 Å². The maximum Gasteiger partial charge on any atom is 0.120 e. The minimum Gasteiger partial charge on any atom is -0.494 e. The largest absolute Gasteiger partial charge is 0.494 e. The zero-order valence-electron chi connectivity index (χ0n) is 12.8. The molecule has 0 saturated carbocycles. The molecule has 2 rings (SSSR count). The van der Waals surface area contributed by atoms with Crippen molar-refractivity contribution < 1.29 is 4.74 Å². The fraction of sp³-hybridized carbons (Fsp3) is 0.412. The second kappa shape index (κ2) is 7.97. The molecule has 21 heavy (non-hydrogen) atoms. The molecule has 1 unspecified atom stereocenters. The van der Waals surface area contributed by atoms with Crippen LogP contribution in [0.4, 0.5) is 0 Å². The topological polar surface area (TPSA) is 21.3 Å². The van der Waals surface area contributed by atoms with Crippen LogP contribution < -0.4 is 10.1 Å². The predicted octanol–water partition coefficient (Wildman–Crippen LogP) is 5.31. The molecule has 0 spiro atoms. The summed E-state index contributed by atoms with van der Waals surface area (Å²) in [6, 6.07) is 8.68. The van der Waals surface area contributed by atoms with Crippen LogP contribution in [0.3, 0.4) is 0 Å². The van der Waals surface area contributed by atoms with Gasteiger partial charge < -0.3 is 10.1 Å². The minimum absolute atomic E-state index is 0.231. The first-order valence-corrected chi connectivity index (χ1v) is 9.04. The fourth-order valence-corrected chi connectivity index (χ4v) is 3.92. The van der Waals surface area contributed by atoms with Crippen molar-refractivity contribution in [3.8, 4) is 5.75 Å². The van der Waals surface area contributed by atoms with Gasteiger partial charge in [-0.15, -0.1) is 11.3 Å². The summed E-state index contributed by atoms with van der Waals surface area (Å²) in [5.74, 6) is 0.908. The Hall–Kier alpha value is -0.840. The standard InChI is InChI=1S/C17H22BrNOS/c1-4-9-19-16(17-12(3)8-10-21-17)14-7-6-13(20-5-2)11-15(14)18/h6-8,10-11,16,19H,4-5,9H2,1-3H3. The summed E-state index contributed by atoms with van der Waals surface area (Å²) in [5.41, 5.74) is 2.60. The Balaban J connectivity index is 2.35. The van der Waals surface area contributed by atoms with Gasteiger partial charge in [-0.1, -0.05) is 28.9 Å². The lowest BCUT2D eigenvalue weighted by Crippen LogP contribution is -2.23. The second-order valence-corrected chi connectivity index (χ2v) is 6.77. The Bertz CT molecular complexity index is 582. The van der Waals surface area contributed by atoms with E-state index in [2.05, 4.69) is 58.7 Å². The molecular formula is C17H22BrNOS. The summed E-state index contributed by atoms with van der Waals surface area (Å²) in [4.78, 5) is 1.38. The zero-order chi connectivity index (χ0) is 15.2. The first-order chi connectivity index (χ1) is 10.2. The van der Waals surface area contributed by atoms with Crippen molar-refractivity contribution in [1.82, 2.24) is 5.32 Å². The Morgan fingerprint density at radius 2 is 2.10 bits per heavy atom. The number of halogens is 1. The summed E-state index contributed by atoms with van der Waals surface area (Å²) in [6.45, 7) is 8.06. The Morgan fingerprint density at radius 3 is 2.67 bits per heavy atom. The molecule has 114 valence electrons. The van der Waals surface area contributed by atoms with Gasteiger partial charge in [0.25, 0.3) is 0 Å². The van der Waals surface area contributed by atoms with Gasteiger partial charge in [-0.2, -0.15) is 0 Å². The molecule has 1 aromatic carbocycles. The first kappa shape index (κ1) is 16.5. The molecule has 0 bridgehead atoms. The van der Waals surface area contributed by atoms with E-state index in [0.29, 0.717) is 6.61 Å². The van der Waals surface area contributed by atoms with Crippen LogP contribution in [0.15, 0.2) is 34.1 Å². The van der Waals surface area contributed by atoms with Gasteiger partial charge in [0.05, 0.1) is 12.6 Å². The fourth-order valence-electron chi connectivity index (χ4n) is 2.31. The molecule has 1 N–H and O–H groups in total.